The van der Waals surface area contributed by atoms with Crippen molar-refractivity contribution in [1.29, 1.82) is 0 Å². The maximum absolute atomic E-state index is 9.18. The number of hydrogen-bond acceptors (Lipinski definition) is 2. The number of ether oxygens (including phenoxy) is 1. The van der Waals surface area contributed by atoms with Crippen molar-refractivity contribution in [3.63, 3.8) is 0 Å². The van der Waals surface area contributed by atoms with Crippen molar-refractivity contribution in [1.82, 2.24) is 0 Å². The number of allylic oxidation sites excluding steroid dienone is 1. The third-order valence-corrected chi connectivity index (χ3v) is 1.59. The van der Waals surface area contributed by atoms with Crippen molar-refractivity contribution in [3.05, 3.63) is 11.8 Å². The van der Waals surface area contributed by atoms with Gasteiger partial charge in [-0.15, -0.1) is 0 Å². The first-order valence-electron chi connectivity index (χ1n) is 3.26. The maximum Gasteiger partial charge on any atom is 0.120 e. The lowest BCUT2D eigenvalue weighted by atomic mass is 10.0. The van der Waals surface area contributed by atoms with Crippen LogP contribution in [0, 0.1) is 0 Å². The normalized spacial score (nSPS) is 27.3. The van der Waals surface area contributed by atoms with Crippen LogP contribution in [0.5, 0.6) is 0 Å². The lowest BCUT2D eigenvalue weighted by Crippen LogP contribution is -2.14. The molecule has 0 aromatic carbocycles. The Morgan fingerprint density at radius 2 is 2.56 bits per heavy atom. The molecular formula is C7H12O2. The molecule has 0 fully saturated rings. The molecule has 2 heteroatoms. The van der Waals surface area contributed by atoms with Gasteiger partial charge >= 0.3 is 0 Å². The maximum atomic E-state index is 9.18. The van der Waals surface area contributed by atoms with Crippen molar-refractivity contribution in [2.24, 2.45) is 0 Å². The van der Waals surface area contributed by atoms with E-state index in [9.17, 15) is 5.11 Å². The van der Waals surface area contributed by atoms with Crippen molar-refractivity contribution in [3.8, 4) is 0 Å². The van der Waals surface area contributed by atoms with Crippen LogP contribution in [0.2, 0.25) is 0 Å². The zero-order chi connectivity index (χ0) is 6.69. The zero-order valence-electron chi connectivity index (χ0n) is 5.63. The van der Waals surface area contributed by atoms with Gasteiger partial charge in [-0.3, -0.25) is 0 Å². The van der Waals surface area contributed by atoms with Gasteiger partial charge in [0.25, 0.3) is 0 Å². The predicted molar refractivity (Wildman–Crippen MR) is 34.9 cm³/mol. The first kappa shape index (κ1) is 6.62. The molecule has 0 aliphatic heterocycles. The quantitative estimate of drug-likeness (QED) is 0.572. The summed E-state index contributed by atoms with van der Waals surface area (Å²) in [5, 5.41) is 9.18. The lowest BCUT2D eigenvalue weighted by Gasteiger charge is -2.17. The Balaban J connectivity index is 2.53. The number of aliphatic hydroxyl groups is 1. The van der Waals surface area contributed by atoms with Crippen molar-refractivity contribution < 1.29 is 9.84 Å². The third kappa shape index (κ3) is 1.45. The molecule has 1 aliphatic rings. The van der Waals surface area contributed by atoms with Crippen molar-refractivity contribution in [2.45, 2.75) is 25.4 Å². The molecule has 1 unspecified atom stereocenters. The zero-order valence-corrected chi connectivity index (χ0v) is 5.63. The fraction of sp³-hybridized carbons (Fsp3) is 0.714. The van der Waals surface area contributed by atoms with E-state index in [4.69, 9.17) is 4.74 Å². The number of hydrogen-bond donors (Lipinski definition) is 1. The minimum atomic E-state index is -0.344. The highest BCUT2D eigenvalue weighted by Gasteiger charge is 2.13. The molecule has 1 N–H and O–H groups in total. The summed E-state index contributed by atoms with van der Waals surface area (Å²) in [6.45, 7) is 0. The minimum absolute atomic E-state index is 0.344. The molecule has 52 valence electrons. The van der Waals surface area contributed by atoms with Gasteiger partial charge in [-0.25, -0.2) is 0 Å². The molecule has 1 rings (SSSR count). The Morgan fingerprint density at radius 1 is 1.78 bits per heavy atom. The largest absolute Gasteiger partial charge is 0.499 e. The Hall–Kier alpha value is -0.500. The van der Waals surface area contributed by atoms with E-state index in [0.29, 0.717) is 0 Å². The topological polar surface area (TPSA) is 29.5 Å². The van der Waals surface area contributed by atoms with Gasteiger partial charge in [-0.1, -0.05) is 0 Å². The highest BCUT2D eigenvalue weighted by molar-refractivity contribution is 5.02. The van der Waals surface area contributed by atoms with Crippen LogP contribution in [-0.4, -0.2) is 18.3 Å². The van der Waals surface area contributed by atoms with E-state index in [-0.39, 0.29) is 6.10 Å². The van der Waals surface area contributed by atoms with Crippen LogP contribution in [0.15, 0.2) is 11.8 Å². The molecule has 0 saturated heterocycles. The molecule has 1 aliphatic carbocycles. The first-order valence-corrected chi connectivity index (χ1v) is 3.26. The monoisotopic (exact) mass is 128 g/mol. The SMILES string of the molecule is COC1=CCCCC1O. The van der Waals surface area contributed by atoms with E-state index >= 15 is 0 Å². The van der Waals surface area contributed by atoms with Crippen LogP contribution in [0.25, 0.3) is 0 Å². The molecule has 0 aromatic rings. The summed E-state index contributed by atoms with van der Waals surface area (Å²) < 4.78 is 4.91. The van der Waals surface area contributed by atoms with E-state index in [0.717, 1.165) is 25.0 Å². The van der Waals surface area contributed by atoms with Crippen molar-refractivity contribution >= 4 is 0 Å². The molecule has 2 nitrogen and oxygen atoms in total. The fourth-order valence-electron chi connectivity index (χ4n) is 1.05. The first-order chi connectivity index (χ1) is 4.34. The predicted octanol–water partition coefficient (Wildman–Crippen LogP) is 1.06. The number of rotatable bonds is 1. The van der Waals surface area contributed by atoms with E-state index in [1.807, 2.05) is 6.08 Å². The minimum Gasteiger partial charge on any atom is -0.499 e. The Morgan fingerprint density at radius 3 is 3.00 bits per heavy atom. The molecule has 0 saturated carbocycles. The molecule has 0 spiro atoms. The van der Waals surface area contributed by atoms with Gasteiger partial charge in [-0.2, -0.15) is 0 Å². The Kier molecular flexibility index (Phi) is 2.11. The van der Waals surface area contributed by atoms with Gasteiger partial charge in [0, 0.05) is 0 Å². The average Bonchev–Trinajstić information content (AvgIpc) is 1.89. The summed E-state index contributed by atoms with van der Waals surface area (Å²) in [7, 11) is 1.60. The van der Waals surface area contributed by atoms with Crippen LogP contribution < -0.4 is 0 Å². The average molecular weight is 128 g/mol. The van der Waals surface area contributed by atoms with Crippen molar-refractivity contribution in [2.75, 3.05) is 7.11 Å². The second kappa shape index (κ2) is 2.87. The van der Waals surface area contributed by atoms with Crippen LogP contribution >= 0.6 is 0 Å². The smallest absolute Gasteiger partial charge is 0.120 e. The van der Waals surface area contributed by atoms with Crippen LogP contribution in [0.4, 0.5) is 0 Å². The molecule has 9 heavy (non-hydrogen) atoms. The van der Waals surface area contributed by atoms with Crippen LogP contribution in [0.3, 0.4) is 0 Å². The molecule has 0 heterocycles. The molecule has 0 bridgehead atoms. The molecule has 0 aromatic heterocycles. The third-order valence-electron chi connectivity index (χ3n) is 1.59. The summed E-state index contributed by atoms with van der Waals surface area (Å²) >= 11 is 0. The highest BCUT2D eigenvalue weighted by Crippen LogP contribution is 2.17. The standard InChI is InChI=1S/C7H12O2/c1-9-7-5-3-2-4-6(7)8/h5-6,8H,2-4H2,1H3. The van der Waals surface area contributed by atoms with Crippen LogP contribution in [-0.2, 0) is 4.74 Å². The summed E-state index contributed by atoms with van der Waals surface area (Å²) in [6.07, 6.45) is 4.58. The fourth-order valence-corrected chi connectivity index (χ4v) is 1.05. The Labute approximate surface area is 55.1 Å². The summed E-state index contributed by atoms with van der Waals surface area (Å²) in [6, 6.07) is 0. The van der Waals surface area contributed by atoms with E-state index in [1.54, 1.807) is 7.11 Å². The molecular weight excluding hydrogens is 116 g/mol. The highest BCUT2D eigenvalue weighted by atomic mass is 16.5. The second-order valence-electron chi connectivity index (χ2n) is 2.26. The van der Waals surface area contributed by atoms with E-state index < -0.39 is 0 Å². The summed E-state index contributed by atoms with van der Waals surface area (Å²) in [4.78, 5) is 0. The van der Waals surface area contributed by atoms with Crippen LogP contribution in [0.1, 0.15) is 19.3 Å². The second-order valence-corrected chi connectivity index (χ2v) is 2.26. The number of aliphatic hydroxyl groups excluding tert-OH is 1. The van der Waals surface area contributed by atoms with E-state index in [2.05, 4.69) is 0 Å². The van der Waals surface area contributed by atoms with Gasteiger partial charge in [0.2, 0.25) is 0 Å². The number of methoxy groups -OCH3 is 1. The Bertz CT molecular complexity index is 118. The summed E-state index contributed by atoms with van der Waals surface area (Å²) in [5.41, 5.74) is 0. The molecule has 0 radical (unpaired) electrons. The molecule has 1 atom stereocenters. The lowest BCUT2D eigenvalue weighted by molar-refractivity contribution is 0.112. The summed E-state index contributed by atoms with van der Waals surface area (Å²) in [5.74, 6) is 0.737. The van der Waals surface area contributed by atoms with Gasteiger partial charge in [0.05, 0.1) is 7.11 Å². The van der Waals surface area contributed by atoms with Gasteiger partial charge in [-0.05, 0) is 25.3 Å². The van der Waals surface area contributed by atoms with Gasteiger partial charge in [0.15, 0.2) is 0 Å². The van der Waals surface area contributed by atoms with E-state index in [1.165, 1.54) is 0 Å². The molecule has 0 amide bonds. The van der Waals surface area contributed by atoms with Gasteiger partial charge < -0.3 is 9.84 Å². The van der Waals surface area contributed by atoms with Gasteiger partial charge in [0.1, 0.15) is 11.9 Å².